The number of hydrogen-bond acceptors (Lipinski definition) is 8. The van der Waals surface area contributed by atoms with E-state index in [0.29, 0.717) is 28.4 Å². The Morgan fingerprint density at radius 3 is 1.74 bits per heavy atom. The number of carbonyl (C=O) groups excluding carboxylic acids is 3. The van der Waals surface area contributed by atoms with Gasteiger partial charge in [-0.1, -0.05) is 38.3 Å². The lowest BCUT2D eigenvalue weighted by atomic mass is 10.0. The zero-order chi connectivity index (χ0) is 25.8. The van der Waals surface area contributed by atoms with E-state index >= 15 is 0 Å². The zero-order valence-corrected chi connectivity index (χ0v) is 20.3. The molecule has 0 saturated heterocycles. The summed E-state index contributed by atoms with van der Waals surface area (Å²) in [4.78, 5) is 34.6. The molecule has 0 fully saturated rings. The summed E-state index contributed by atoms with van der Waals surface area (Å²) in [5.41, 5.74) is 2.29. The Morgan fingerprint density at radius 1 is 0.714 bits per heavy atom. The van der Waals surface area contributed by atoms with Gasteiger partial charge in [0.25, 0.3) is 0 Å². The van der Waals surface area contributed by atoms with Gasteiger partial charge in [-0.3, -0.25) is 4.79 Å². The number of rotatable bonds is 13. The Balaban J connectivity index is 2.12. The molecule has 0 aliphatic rings. The van der Waals surface area contributed by atoms with Gasteiger partial charge in [-0.25, -0.2) is 9.59 Å². The third kappa shape index (κ3) is 9.00. The molecule has 2 rings (SSSR count). The highest BCUT2D eigenvalue weighted by Crippen LogP contribution is 2.33. The maximum absolute atomic E-state index is 11.6. The molecule has 0 bridgehead atoms. The molecule has 0 atom stereocenters. The summed E-state index contributed by atoms with van der Waals surface area (Å²) in [6.07, 6.45) is 0.290. The third-order valence-corrected chi connectivity index (χ3v) is 4.50. The van der Waals surface area contributed by atoms with Gasteiger partial charge in [-0.05, 0) is 49.2 Å². The lowest BCUT2D eigenvalue weighted by Gasteiger charge is -2.15. The van der Waals surface area contributed by atoms with Gasteiger partial charge < -0.3 is 23.7 Å². The van der Waals surface area contributed by atoms with Gasteiger partial charge in [-0.15, -0.1) is 0 Å². The van der Waals surface area contributed by atoms with Crippen LogP contribution in [0.5, 0.6) is 17.2 Å². The molecule has 0 aliphatic carbocycles. The highest BCUT2D eigenvalue weighted by molar-refractivity contribution is 5.87. The van der Waals surface area contributed by atoms with Crippen molar-refractivity contribution in [3.63, 3.8) is 0 Å². The van der Waals surface area contributed by atoms with E-state index in [0.717, 1.165) is 11.1 Å². The van der Waals surface area contributed by atoms with Gasteiger partial charge in [0.2, 0.25) is 0 Å². The maximum Gasteiger partial charge on any atom is 0.333 e. The molecule has 8 heteroatoms. The average molecular weight is 483 g/mol. The number of esters is 3. The Hall–Kier alpha value is -4.07. The maximum atomic E-state index is 11.6. The second-order valence-electron chi connectivity index (χ2n) is 7.54. The first-order valence-corrected chi connectivity index (χ1v) is 11.1. The van der Waals surface area contributed by atoms with Crippen LogP contribution < -0.4 is 14.2 Å². The topological polar surface area (TPSA) is 97.4 Å². The molecule has 2 aromatic rings. The van der Waals surface area contributed by atoms with E-state index in [-0.39, 0.29) is 38.8 Å². The van der Waals surface area contributed by atoms with Crippen molar-refractivity contribution in [3.05, 3.63) is 66.8 Å². The molecule has 35 heavy (non-hydrogen) atoms. The molecule has 0 spiro atoms. The van der Waals surface area contributed by atoms with Crippen LogP contribution in [-0.2, 0) is 23.9 Å². The molecule has 2 aromatic carbocycles. The van der Waals surface area contributed by atoms with Crippen molar-refractivity contribution in [2.45, 2.75) is 27.2 Å². The SMILES string of the molecule is C=C(C)C(=O)OCCOc1ccc(-c2ccc(OC(=O)CC)cc2)cc1OCCOC(=O)C(=C)C. The molecular formula is C27H30O8. The van der Waals surface area contributed by atoms with E-state index in [4.69, 9.17) is 23.7 Å². The van der Waals surface area contributed by atoms with Crippen LogP contribution in [0.3, 0.4) is 0 Å². The number of carbonyl (C=O) groups is 3. The van der Waals surface area contributed by atoms with Gasteiger partial charge in [0, 0.05) is 17.6 Å². The van der Waals surface area contributed by atoms with Crippen LogP contribution in [0.2, 0.25) is 0 Å². The fraction of sp³-hybridized carbons (Fsp3) is 0.296. The van der Waals surface area contributed by atoms with Crippen LogP contribution in [0, 0.1) is 0 Å². The predicted octanol–water partition coefficient (Wildman–Crippen LogP) is 4.67. The molecule has 186 valence electrons. The van der Waals surface area contributed by atoms with Crippen molar-refractivity contribution >= 4 is 17.9 Å². The average Bonchev–Trinajstić information content (AvgIpc) is 2.84. The van der Waals surface area contributed by atoms with Crippen molar-refractivity contribution in [2.75, 3.05) is 26.4 Å². The van der Waals surface area contributed by atoms with E-state index in [9.17, 15) is 14.4 Å². The molecule has 0 N–H and O–H groups in total. The van der Waals surface area contributed by atoms with Crippen molar-refractivity contribution in [3.8, 4) is 28.4 Å². The third-order valence-electron chi connectivity index (χ3n) is 4.50. The molecule has 0 heterocycles. The second-order valence-corrected chi connectivity index (χ2v) is 7.54. The summed E-state index contributed by atoms with van der Waals surface area (Å²) in [6, 6.07) is 12.4. The van der Waals surface area contributed by atoms with Crippen molar-refractivity contribution < 1.29 is 38.1 Å². The Bertz CT molecular complexity index is 1070. The molecule has 0 aliphatic heterocycles. The minimum absolute atomic E-state index is 0.0308. The molecule has 0 unspecified atom stereocenters. The van der Waals surface area contributed by atoms with E-state index < -0.39 is 11.9 Å². The van der Waals surface area contributed by atoms with Gasteiger partial charge in [-0.2, -0.15) is 0 Å². The van der Waals surface area contributed by atoms with Crippen LogP contribution in [0.1, 0.15) is 27.2 Å². The van der Waals surface area contributed by atoms with Gasteiger partial charge in [0.15, 0.2) is 11.5 Å². The van der Waals surface area contributed by atoms with E-state index in [1.54, 1.807) is 45.0 Å². The smallest absolute Gasteiger partial charge is 0.333 e. The van der Waals surface area contributed by atoms with E-state index in [1.165, 1.54) is 0 Å². The highest BCUT2D eigenvalue weighted by atomic mass is 16.6. The van der Waals surface area contributed by atoms with Crippen LogP contribution in [0.4, 0.5) is 0 Å². The Morgan fingerprint density at radius 2 is 1.23 bits per heavy atom. The van der Waals surface area contributed by atoms with Crippen LogP contribution in [0.25, 0.3) is 11.1 Å². The number of benzene rings is 2. The minimum Gasteiger partial charge on any atom is -0.486 e. The lowest BCUT2D eigenvalue weighted by molar-refractivity contribution is -0.140. The number of hydrogen-bond donors (Lipinski definition) is 0. The first-order valence-electron chi connectivity index (χ1n) is 11.1. The fourth-order valence-corrected chi connectivity index (χ4v) is 2.66. The second kappa shape index (κ2) is 13.6. The summed E-state index contributed by atoms with van der Waals surface area (Å²) in [5, 5.41) is 0. The Labute approximate surface area is 205 Å². The zero-order valence-electron chi connectivity index (χ0n) is 20.3. The lowest BCUT2D eigenvalue weighted by Crippen LogP contribution is -2.14. The summed E-state index contributed by atoms with van der Waals surface area (Å²) < 4.78 is 26.9. The normalized spacial score (nSPS) is 10.1. The van der Waals surface area contributed by atoms with Crippen molar-refractivity contribution in [1.82, 2.24) is 0 Å². The van der Waals surface area contributed by atoms with E-state index in [1.807, 2.05) is 18.2 Å². The first kappa shape index (κ1) is 27.2. The van der Waals surface area contributed by atoms with Crippen LogP contribution in [0.15, 0.2) is 66.8 Å². The molecule has 0 amide bonds. The van der Waals surface area contributed by atoms with Crippen LogP contribution in [-0.4, -0.2) is 44.3 Å². The van der Waals surface area contributed by atoms with Gasteiger partial charge >= 0.3 is 17.9 Å². The molecular weight excluding hydrogens is 452 g/mol. The first-order chi connectivity index (χ1) is 16.7. The quantitative estimate of drug-likeness (QED) is 0.176. The molecule has 0 aromatic heterocycles. The Kier molecular flexibility index (Phi) is 10.6. The van der Waals surface area contributed by atoms with Crippen molar-refractivity contribution in [2.24, 2.45) is 0 Å². The van der Waals surface area contributed by atoms with E-state index in [2.05, 4.69) is 13.2 Å². The van der Waals surface area contributed by atoms with Crippen LogP contribution >= 0.6 is 0 Å². The molecule has 0 saturated carbocycles. The highest BCUT2D eigenvalue weighted by Gasteiger charge is 2.11. The van der Waals surface area contributed by atoms with Crippen molar-refractivity contribution in [1.29, 1.82) is 0 Å². The monoisotopic (exact) mass is 482 g/mol. The summed E-state index contributed by atoms with van der Waals surface area (Å²) >= 11 is 0. The standard InChI is InChI=1S/C27H30O8/c1-6-25(28)35-22-10-7-20(8-11-22)21-9-12-23(31-13-15-33-26(29)18(2)3)24(17-21)32-14-16-34-27(30)19(4)5/h7-12,17H,2,4,6,13-16H2,1,3,5H3. The summed E-state index contributed by atoms with van der Waals surface area (Å²) in [7, 11) is 0. The van der Waals surface area contributed by atoms with Gasteiger partial charge in [0.05, 0.1) is 0 Å². The number of ether oxygens (including phenoxy) is 5. The minimum atomic E-state index is -0.498. The fourth-order valence-electron chi connectivity index (χ4n) is 2.66. The molecule has 8 nitrogen and oxygen atoms in total. The largest absolute Gasteiger partial charge is 0.486 e. The molecule has 0 radical (unpaired) electrons. The summed E-state index contributed by atoms with van der Waals surface area (Å²) in [5.74, 6) is 0.00754. The summed E-state index contributed by atoms with van der Waals surface area (Å²) in [6.45, 7) is 12.2. The van der Waals surface area contributed by atoms with Gasteiger partial charge in [0.1, 0.15) is 32.2 Å². The predicted molar refractivity (Wildman–Crippen MR) is 130 cm³/mol.